The van der Waals surface area contributed by atoms with Gasteiger partial charge in [-0.05, 0) is 42.2 Å². The Kier molecular flexibility index (Phi) is 7.08. The van der Waals surface area contributed by atoms with E-state index >= 15 is 0 Å². The van der Waals surface area contributed by atoms with E-state index in [2.05, 4.69) is 34.1 Å². The molecule has 0 bridgehead atoms. The summed E-state index contributed by atoms with van der Waals surface area (Å²) in [6.45, 7) is 7.49. The number of hydrogen-bond acceptors (Lipinski definition) is 5. The summed E-state index contributed by atoms with van der Waals surface area (Å²) in [5.41, 5.74) is 2.79. The zero-order chi connectivity index (χ0) is 21.5. The van der Waals surface area contributed by atoms with Crippen molar-refractivity contribution in [1.29, 1.82) is 0 Å². The minimum absolute atomic E-state index is 0.0627. The lowest BCUT2D eigenvalue weighted by molar-refractivity contribution is -0.117. The molecule has 0 spiro atoms. The molecule has 0 radical (unpaired) electrons. The predicted molar refractivity (Wildman–Crippen MR) is 122 cm³/mol. The minimum atomic E-state index is -0.305. The first-order chi connectivity index (χ1) is 14.5. The van der Waals surface area contributed by atoms with Crippen LogP contribution in [0.4, 0.5) is 10.9 Å². The van der Waals surface area contributed by atoms with E-state index in [9.17, 15) is 9.59 Å². The number of anilines is 2. The van der Waals surface area contributed by atoms with Gasteiger partial charge in [0.2, 0.25) is 11.8 Å². The van der Waals surface area contributed by atoms with E-state index in [0.29, 0.717) is 17.4 Å². The number of amides is 2. The van der Waals surface area contributed by atoms with Crippen molar-refractivity contribution < 1.29 is 9.59 Å². The van der Waals surface area contributed by atoms with Crippen LogP contribution in [-0.4, -0.2) is 21.8 Å². The van der Waals surface area contributed by atoms with Crippen LogP contribution >= 0.6 is 11.3 Å². The SMILES string of the molecule is C=CC(=O)Nc1ccc(-c2cccc([C@H](CC)C(=O)Nc3ncc(CC)s3)c2)cn1. The first-order valence-corrected chi connectivity index (χ1v) is 10.6. The second-order valence-electron chi connectivity index (χ2n) is 6.69. The molecular formula is C23H24N4O2S. The summed E-state index contributed by atoms with van der Waals surface area (Å²) in [7, 11) is 0. The summed E-state index contributed by atoms with van der Waals surface area (Å²) >= 11 is 1.50. The van der Waals surface area contributed by atoms with Crippen LogP contribution in [0.2, 0.25) is 0 Å². The summed E-state index contributed by atoms with van der Waals surface area (Å²) in [6, 6.07) is 11.5. The van der Waals surface area contributed by atoms with Crippen molar-refractivity contribution in [2.24, 2.45) is 0 Å². The Hall–Kier alpha value is -3.32. The third-order valence-corrected chi connectivity index (χ3v) is 5.74. The minimum Gasteiger partial charge on any atom is -0.307 e. The maximum atomic E-state index is 12.9. The van der Waals surface area contributed by atoms with Gasteiger partial charge in [-0.25, -0.2) is 9.97 Å². The Balaban J connectivity index is 1.77. The fourth-order valence-corrected chi connectivity index (χ4v) is 3.80. The van der Waals surface area contributed by atoms with Crippen molar-refractivity contribution in [3.8, 4) is 11.1 Å². The lowest BCUT2D eigenvalue weighted by Crippen LogP contribution is -2.20. The molecule has 3 rings (SSSR count). The first kappa shape index (κ1) is 21.4. The van der Waals surface area contributed by atoms with E-state index in [0.717, 1.165) is 28.0 Å². The van der Waals surface area contributed by atoms with Crippen LogP contribution in [0.5, 0.6) is 0 Å². The number of aryl methyl sites for hydroxylation is 1. The maximum absolute atomic E-state index is 12.9. The molecule has 0 aliphatic rings. The number of rotatable bonds is 8. The predicted octanol–water partition coefficient (Wildman–Crippen LogP) is 5.02. The smallest absolute Gasteiger partial charge is 0.248 e. The van der Waals surface area contributed by atoms with Gasteiger partial charge in [0.05, 0.1) is 5.92 Å². The zero-order valence-electron chi connectivity index (χ0n) is 17.0. The van der Waals surface area contributed by atoms with Crippen molar-refractivity contribution in [2.75, 3.05) is 10.6 Å². The van der Waals surface area contributed by atoms with Crippen LogP contribution < -0.4 is 10.6 Å². The third-order valence-electron chi connectivity index (χ3n) is 4.68. The number of thiazole rings is 1. The fraction of sp³-hybridized carbons (Fsp3) is 0.217. The summed E-state index contributed by atoms with van der Waals surface area (Å²) in [5.74, 6) is -0.189. The summed E-state index contributed by atoms with van der Waals surface area (Å²) in [4.78, 5) is 33.9. The van der Waals surface area contributed by atoms with E-state index in [1.165, 1.54) is 17.4 Å². The molecule has 2 amide bonds. The molecule has 1 aromatic carbocycles. The van der Waals surface area contributed by atoms with Crippen molar-refractivity contribution in [3.05, 3.63) is 71.9 Å². The Bertz CT molecular complexity index is 1040. The van der Waals surface area contributed by atoms with E-state index in [4.69, 9.17) is 0 Å². The second-order valence-corrected chi connectivity index (χ2v) is 7.80. The fourth-order valence-electron chi connectivity index (χ4n) is 3.04. The number of nitrogens with zero attached hydrogens (tertiary/aromatic N) is 2. The Morgan fingerprint density at radius 1 is 1.10 bits per heavy atom. The van der Waals surface area contributed by atoms with Gasteiger partial charge < -0.3 is 10.6 Å². The summed E-state index contributed by atoms with van der Waals surface area (Å²) in [5, 5.41) is 6.20. The van der Waals surface area contributed by atoms with Crippen LogP contribution in [0.15, 0.2) is 61.4 Å². The number of aromatic nitrogens is 2. The zero-order valence-corrected chi connectivity index (χ0v) is 17.8. The molecule has 154 valence electrons. The van der Waals surface area contributed by atoms with Crippen LogP contribution in [0.3, 0.4) is 0 Å². The monoisotopic (exact) mass is 420 g/mol. The number of nitrogens with one attached hydrogen (secondary N) is 2. The molecule has 3 aromatic rings. The van der Waals surface area contributed by atoms with Crippen LogP contribution in [0.25, 0.3) is 11.1 Å². The summed E-state index contributed by atoms with van der Waals surface area (Å²) < 4.78 is 0. The first-order valence-electron chi connectivity index (χ1n) is 9.79. The molecule has 2 N–H and O–H groups in total. The number of benzene rings is 1. The molecular weight excluding hydrogens is 396 g/mol. The van der Waals surface area contributed by atoms with E-state index in [1.54, 1.807) is 18.5 Å². The molecule has 30 heavy (non-hydrogen) atoms. The normalized spacial score (nSPS) is 11.5. The van der Waals surface area contributed by atoms with Gasteiger partial charge in [0.1, 0.15) is 5.82 Å². The van der Waals surface area contributed by atoms with Gasteiger partial charge in [0, 0.05) is 22.8 Å². The average Bonchev–Trinajstić information content (AvgIpc) is 3.22. The average molecular weight is 421 g/mol. The van der Waals surface area contributed by atoms with Gasteiger partial charge in [0.25, 0.3) is 0 Å². The molecule has 0 aliphatic heterocycles. The number of carbonyl (C=O) groups is 2. The summed E-state index contributed by atoms with van der Waals surface area (Å²) in [6.07, 6.45) is 6.27. The van der Waals surface area contributed by atoms with E-state index < -0.39 is 0 Å². The van der Waals surface area contributed by atoms with Crippen LogP contribution in [0.1, 0.15) is 36.6 Å². The van der Waals surface area contributed by atoms with Crippen LogP contribution in [0, 0.1) is 0 Å². The van der Waals surface area contributed by atoms with E-state index in [-0.39, 0.29) is 17.7 Å². The van der Waals surface area contributed by atoms with Crippen LogP contribution in [-0.2, 0) is 16.0 Å². The standard InChI is InChI=1S/C23H24N4O2S/c1-4-18-14-25-23(30-18)27-22(29)19(5-2)16-9-7-8-15(12-16)17-10-11-20(24-13-17)26-21(28)6-3/h6-14,19H,3-5H2,1-2H3,(H,24,26,28)(H,25,27,29)/t19-/m0/s1. The van der Waals surface area contributed by atoms with Crippen molar-refractivity contribution in [3.63, 3.8) is 0 Å². The van der Waals surface area contributed by atoms with Crippen molar-refractivity contribution >= 4 is 34.1 Å². The highest BCUT2D eigenvalue weighted by atomic mass is 32.1. The van der Waals surface area contributed by atoms with Gasteiger partial charge in [-0.3, -0.25) is 9.59 Å². The molecule has 6 nitrogen and oxygen atoms in total. The Morgan fingerprint density at radius 3 is 2.57 bits per heavy atom. The Labute approximate surface area is 180 Å². The van der Waals surface area contributed by atoms with Gasteiger partial charge in [-0.1, -0.05) is 44.7 Å². The molecule has 0 fully saturated rings. The molecule has 2 aromatic heterocycles. The largest absolute Gasteiger partial charge is 0.307 e. The van der Waals surface area contributed by atoms with Gasteiger partial charge in [-0.15, -0.1) is 11.3 Å². The van der Waals surface area contributed by atoms with Crippen molar-refractivity contribution in [1.82, 2.24) is 9.97 Å². The Morgan fingerprint density at radius 2 is 1.93 bits per heavy atom. The molecule has 0 unspecified atom stereocenters. The van der Waals surface area contributed by atoms with E-state index in [1.807, 2.05) is 37.3 Å². The van der Waals surface area contributed by atoms with Gasteiger partial charge >= 0.3 is 0 Å². The van der Waals surface area contributed by atoms with Gasteiger partial charge in [0.15, 0.2) is 5.13 Å². The highest BCUT2D eigenvalue weighted by Crippen LogP contribution is 2.28. The van der Waals surface area contributed by atoms with Gasteiger partial charge in [-0.2, -0.15) is 0 Å². The molecule has 0 saturated carbocycles. The quantitative estimate of drug-likeness (QED) is 0.501. The maximum Gasteiger partial charge on any atom is 0.248 e. The number of carbonyl (C=O) groups excluding carboxylic acids is 2. The molecule has 0 saturated heterocycles. The molecule has 7 heteroatoms. The second kappa shape index (κ2) is 9.93. The van der Waals surface area contributed by atoms with Crippen molar-refractivity contribution in [2.45, 2.75) is 32.6 Å². The third kappa shape index (κ3) is 5.18. The topological polar surface area (TPSA) is 84.0 Å². The molecule has 0 aliphatic carbocycles. The lowest BCUT2D eigenvalue weighted by Gasteiger charge is -2.15. The molecule has 2 heterocycles. The highest BCUT2D eigenvalue weighted by Gasteiger charge is 2.20. The molecule has 1 atom stereocenters. The lowest BCUT2D eigenvalue weighted by atomic mass is 9.93. The number of pyridine rings is 1. The highest BCUT2D eigenvalue weighted by molar-refractivity contribution is 7.15. The number of hydrogen-bond donors (Lipinski definition) is 2.